The highest BCUT2D eigenvalue weighted by Crippen LogP contribution is 2.65. The van der Waals surface area contributed by atoms with Crippen molar-refractivity contribution < 1.29 is 42.2 Å². The van der Waals surface area contributed by atoms with Crippen molar-refractivity contribution in [2.24, 2.45) is 23.7 Å². The number of nitrogens with one attached hydrogen (secondary N) is 2. The number of carbonyl (C=O) groups excluding carboxylic acids is 4. The number of hydrogen-bond acceptors (Lipinski definition) is 9. The fraction of sp³-hybridized carbons (Fsp3) is 0.222. The number of amides is 4. The maximum absolute atomic E-state index is 15.5. The summed E-state index contributed by atoms with van der Waals surface area (Å²) in [5, 5.41) is 15.8. The van der Waals surface area contributed by atoms with Crippen LogP contribution in [0.25, 0.3) is 0 Å². The number of alkyl halides is 3. The number of anilines is 4. The minimum atomic E-state index is -4.78. The Morgan fingerprint density at radius 2 is 1.58 bits per heavy atom. The first kappa shape index (κ1) is 41.5. The summed E-state index contributed by atoms with van der Waals surface area (Å²) in [6, 6.07) is 26.4. The molecular weight excluding hydrogens is 914 g/mol. The van der Waals surface area contributed by atoms with Crippen molar-refractivity contribution >= 4 is 85.6 Å². The van der Waals surface area contributed by atoms with Gasteiger partial charge in [0.25, 0.3) is 11.8 Å². The van der Waals surface area contributed by atoms with Crippen LogP contribution >= 0.6 is 39.1 Å². The number of phenolic OH excluding ortho intramolecular Hbond substituents is 1. The third kappa shape index (κ3) is 6.59. The van der Waals surface area contributed by atoms with E-state index >= 15 is 9.59 Å². The zero-order valence-electron chi connectivity index (χ0n) is 32.3. The van der Waals surface area contributed by atoms with Crippen molar-refractivity contribution in [3.05, 3.63) is 146 Å². The van der Waals surface area contributed by atoms with Crippen molar-refractivity contribution in [1.29, 1.82) is 0 Å². The Morgan fingerprint density at radius 3 is 2.24 bits per heavy atom. The summed E-state index contributed by atoms with van der Waals surface area (Å²) in [6.45, 7) is 0. The zero-order valence-corrected chi connectivity index (χ0v) is 35.4. The van der Waals surface area contributed by atoms with Crippen molar-refractivity contribution in [2.45, 2.75) is 30.4 Å². The second-order valence-corrected chi connectivity index (χ2v) is 17.3. The van der Waals surface area contributed by atoms with Crippen molar-refractivity contribution in [3.63, 3.8) is 0 Å². The van der Waals surface area contributed by atoms with E-state index in [-0.39, 0.29) is 29.9 Å². The summed E-state index contributed by atoms with van der Waals surface area (Å²) in [7, 11) is 1.36. The number of phenols is 1. The first-order chi connectivity index (χ1) is 29.6. The van der Waals surface area contributed by atoms with Gasteiger partial charge >= 0.3 is 6.18 Å². The van der Waals surface area contributed by atoms with Crippen LogP contribution in [-0.4, -0.2) is 45.8 Å². The van der Waals surface area contributed by atoms with E-state index in [1.54, 1.807) is 54.6 Å². The number of imide groups is 2. The predicted molar refractivity (Wildman–Crippen MR) is 228 cm³/mol. The molecule has 3 N–H and O–H groups in total. The second-order valence-electron chi connectivity index (χ2n) is 15.5. The summed E-state index contributed by atoms with van der Waals surface area (Å²) >= 11 is 16.2. The minimum absolute atomic E-state index is 0.0459. The molecular formula is C45H33BrCl2F3N5O6. The Bertz CT molecular complexity index is 2710. The number of para-hydroxylation sites is 1. The average molecular weight is 948 g/mol. The molecule has 0 unspecified atom stereocenters. The number of benzene rings is 4. The maximum Gasteiger partial charge on any atom is 0.417 e. The normalized spacial score (nSPS) is 24.4. The predicted octanol–water partition coefficient (Wildman–Crippen LogP) is 9.82. The molecule has 2 saturated heterocycles. The minimum Gasteiger partial charge on any atom is -0.504 e. The van der Waals surface area contributed by atoms with Crippen LogP contribution in [0, 0.1) is 23.7 Å². The number of carbonyl (C=O) groups is 4. The number of fused-ring (bicyclic) bond motifs is 4. The standard InChI is InChI=1S/C45H33BrCl2F3N5O6/c1-62-35-19-24(46)18-32(38(35)57)37-29-15-16-30-36(42(60)55(40(30)58)28-13-11-27(12-14-28)53-26-5-3-2-4-6-26)31(29)20-33-41(59)56(43(61)44(33,37)22-7-9-25(47)10-8-22)54-39-34(48)17-23(21-52-39)45(49,50)51/h2-15,17-19,21,30-31,33,36-37,53,57H,16,20H2,1H3,(H,52,54)/t30-,31+,33-,36-,37+,44+/m0/s1. The number of aromatic nitrogens is 1. The Labute approximate surface area is 370 Å². The van der Waals surface area contributed by atoms with Gasteiger partial charge in [-0.3, -0.25) is 29.5 Å². The number of hydrogen-bond donors (Lipinski definition) is 3. The number of methoxy groups -OCH3 is 1. The third-order valence-electron chi connectivity index (χ3n) is 12.3. The van der Waals surface area contributed by atoms with Gasteiger partial charge < -0.3 is 15.2 Å². The number of allylic oxidation sites excluding steroid dienone is 2. The molecule has 5 aromatic rings. The molecule has 3 fully saturated rings. The fourth-order valence-corrected chi connectivity index (χ4v) is 10.5. The van der Waals surface area contributed by atoms with Crippen LogP contribution in [-0.2, 0) is 30.8 Å². The topological polar surface area (TPSA) is 141 Å². The third-order valence-corrected chi connectivity index (χ3v) is 13.3. The summed E-state index contributed by atoms with van der Waals surface area (Å²) in [5.41, 5.74) is 2.56. The molecule has 1 aromatic heterocycles. The number of rotatable bonds is 8. The van der Waals surface area contributed by atoms with Crippen molar-refractivity contribution in [2.75, 3.05) is 22.8 Å². The molecule has 9 rings (SSSR count). The zero-order chi connectivity index (χ0) is 43.8. The molecule has 6 atom stereocenters. The monoisotopic (exact) mass is 945 g/mol. The van der Waals surface area contributed by atoms with Gasteiger partial charge in [-0.2, -0.15) is 18.2 Å². The number of ether oxygens (including phenoxy) is 1. The van der Waals surface area contributed by atoms with Gasteiger partial charge in [-0.05, 0) is 91.1 Å². The van der Waals surface area contributed by atoms with Gasteiger partial charge in [-0.1, -0.05) is 81.1 Å². The van der Waals surface area contributed by atoms with E-state index < -0.39 is 81.2 Å². The summed E-state index contributed by atoms with van der Waals surface area (Å²) < 4.78 is 46.8. The lowest BCUT2D eigenvalue weighted by Gasteiger charge is -2.50. The van der Waals surface area contributed by atoms with Crippen LogP contribution in [0.4, 0.5) is 36.1 Å². The Balaban J connectivity index is 1.18. The maximum atomic E-state index is 15.5. The van der Waals surface area contributed by atoms with Crippen LogP contribution in [0.2, 0.25) is 10.0 Å². The first-order valence-electron chi connectivity index (χ1n) is 19.3. The van der Waals surface area contributed by atoms with Crippen LogP contribution in [0.5, 0.6) is 11.5 Å². The molecule has 0 bridgehead atoms. The SMILES string of the molecule is COc1cc(Br)cc([C@H]2C3=CC[C@@H]4C(=O)N(c5ccc(Nc6ccccc6)cc5)C(=O)[C@@H]4[C@@H]3C[C@H]3C(=O)N(Nc4ncc(C(F)(F)F)cc4Cl)C(=O)[C@@]23c2ccc(Cl)cc2)c1O. The molecule has 0 spiro atoms. The van der Waals surface area contributed by atoms with Crippen LogP contribution in [0.1, 0.15) is 35.4 Å². The highest BCUT2D eigenvalue weighted by molar-refractivity contribution is 9.10. The average Bonchev–Trinajstić information content (AvgIpc) is 3.63. The van der Waals surface area contributed by atoms with E-state index in [0.29, 0.717) is 43.6 Å². The number of halogens is 6. The van der Waals surface area contributed by atoms with Crippen LogP contribution < -0.4 is 20.4 Å². The molecule has 2 aliphatic carbocycles. The summed E-state index contributed by atoms with van der Waals surface area (Å²) in [4.78, 5) is 64.7. The van der Waals surface area contributed by atoms with Crippen LogP contribution in [0.15, 0.2) is 119 Å². The largest absolute Gasteiger partial charge is 0.504 e. The molecule has 17 heteroatoms. The molecule has 0 radical (unpaired) electrons. The van der Waals surface area contributed by atoms with Gasteiger partial charge in [0.05, 0.1) is 46.6 Å². The molecule has 4 aromatic carbocycles. The van der Waals surface area contributed by atoms with Gasteiger partial charge in [0, 0.05) is 38.5 Å². The van der Waals surface area contributed by atoms with Gasteiger partial charge in [-0.15, -0.1) is 0 Å². The van der Waals surface area contributed by atoms with Crippen LogP contribution in [0.3, 0.4) is 0 Å². The van der Waals surface area contributed by atoms with Gasteiger partial charge in [-0.25, -0.2) is 4.98 Å². The van der Waals surface area contributed by atoms with E-state index in [0.717, 1.165) is 11.4 Å². The lowest BCUT2D eigenvalue weighted by molar-refractivity contribution is -0.139. The van der Waals surface area contributed by atoms with E-state index in [1.807, 2.05) is 36.4 Å². The number of hydrazine groups is 1. The molecule has 1 saturated carbocycles. The van der Waals surface area contributed by atoms with E-state index in [9.17, 15) is 27.9 Å². The fourth-order valence-electron chi connectivity index (χ4n) is 9.73. The quantitative estimate of drug-likeness (QED) is 0.102. The molecule has 316 valence electrons. The smallest absolute Gasteiger partial charge is 0.417 e. The molecule has 2 aliphatic heterocycles. The Morgan fingerprint density at radius 1 is 0.887 bits per heavy atom. The number of aromatic hydroxyl groups is 1. The summed E-state index contributed by atoms with van der Waals surface area (Å²) in [6.07, 6.45) is -2.44. The first-order valence-corrected chi connectivity index (χ1v) is 20.9. The van der Waals surface area contributed by atoms with Gasteiger partial charge in [0.15, 0.2) is 17.3 Å². The molecule has 62 heavy (non-hydrogen) atoms. The van der Waals surface area contributed by atoms with Crippen molar-refractivity contribution in [3.8, 4) is 11.5 Å². The lowest BCUT2D eigenvalue weighted by atomic mass is 9.49. The molecule has 3 heterocycles. The highest BCUT2D eigenvalue weighted by atomic mass is 79.9. The molecule has 4 aliphatic rings. The molecule has 11 nitrogen and oxygen atoms in total. The molecule has 4 amide bonds. The number of nitrogens with zero attached hydrogens (tertiary/aromatic N) is 3. The van der Waals surface area contributed by atoms with Crippen molar-refractivity contribution in [1.82, 2.24) is 9.99 Å². The van der Waals surface area contributed by atoms with E-state index in [1.165, 1.54) is 18.1 Å². The van der Waals surface area contributed by atoms with Gasteiger partial charge in [0.1, 0.15) is 0 Å². The highest BCUT2D eigenvalue weighted by Gasteiger charge is 2.71. The van der Waals surface area contributed by atoms with E-state index in [4.69, 9.17) is 27.9 Å². The Kier molecular flexibility index (Phi) is 10.3. The lowest BCUT2D eigenvalue weighted by Crippen LogP contribution is -2.53. The number of pyridine rings is 1. The second kappa shape index (κ2) is 15.5. The van der Waals surface area contributed by atoms with E-state index in [2.05, 4.69) is 31.7 Å². The summed E-state index contributed by atoms with van der Waals surface area (Å²) in [5.74, 6) is -8.29. The Hall–Kier alpha value is -5.90. The van der Waals surface area contributed by atoms with Gasteiger partial charge in [0.2, 0.25) is 11.8 Å².